The molecular formula is C20H29NO3S. The smallest absolute Gasteiger partial charge is 0.344 e. The maximum atomic E-state index is 13.2. The van der Waals surface area contributed by atoms with Gasteiger partial charge in [-0.15, -0.1) is 11.3 Å². The minimum atomic E-state index is -1.47. The molecule has 25 heavy (non-hydrogen) atoms. The Hall–Kier alpha value is -0.910. The summed E-state index contributed by atoms with van der Waals surface area (Å²) in [6.45, 7) is 0. The highest BCUT2D eigenvalue weighted by Gasteiger charge is 2.50. The molecule has 0 amide bonds. The normalized spacial score (nSPS) is 33.1. The van der Waals surface area contributed by atoms with E-state index >= 15 is 0 Å². The molecule has 1 aromatic heterocycles. The first-order valence-electron chi connectivity index (χ1n) is 9.80. The van der Waals surface area contributed by atoms with Gasteiger partial charge in [0, 0.05) is 22.9 Å². The third-order valence-corrected chi connectivity index (χ3v) is 7.77. The van der Waals surface area contributed by atoms with Crippen LogP contribution in [0.5, 0.6) is 0 Å². The predicted molar refractivity (Wildman–Crippen MR) is 98.5 cm³/mol. The second-order valence-corrected chi connectivity index (χ2v) is 9.01. The molecule has 0 aromatic carbocycles. The number of ether oxygens (including phenoxy) is 1. The molecule has 0 radical (unpaired) electrons. The summed E-state index contributed by atoms with van der Waals surface area (Å²) in [5.41, 5.74) is -1.47. The Kier molecular flexibility index (Phi) is 4.91. The third-order valence-electron chi connectivity index (χ3n) is 6.77. The fraction of sp³-hybridized carbons (Fsp3) is 0.750. The summed E-state index contributed by atoms with van der Waals surface area (Å²) in [6.07, 6.45) is 9.41. The summed E-state index contributed by atoms with van der Waals surface area (Å²) in [5, 5.41) is 13.5. The van der Waals surface area contributed by atoms with Gasteiger partial charge in [-0.1, -0.05) is 25.3 Å². The Morgan fingerprint density at radius 2 is 1.96 bits per heavy atom. The average Bonchev–Trinajstić information content (AvgIpc) is 3.24. The minimum absolute atomic E-state index is 0.0231. The molecule has 0 unspecified atom stereocenters. The van der Waals surface area contributed by atoms with Gasteiger partial charge in [0.1, 0.15) is 6.10 Å². The molecule has 1 aliphatic carbocycles. The van der Waals surface area contributed by atoms with Crippen LogP contribution in [0.2, 0.25) is 0 Å². The molecule has 4 atom stereocenters. The van der Waals surface area contributed by atoms with Gasteiger partial charge in [0.05, 0.1) is 0 Å². The molecule has 5 heteroatoms. The molecule has 138 valence electrons. The maximum absolute atomic E-state index is 13.2. The van der Waals surface area contributed by atoms with E-state index in [0.29, 0.717) is 12.1 Å². The largest absolute Gasteiger partial charge is 0.458 e. The van der Waals surface area contributed by atoms with Crippen LogP contribution in [0.3, 0.4) is 0 Å². The first-order chi connectivity index (χ1) is 12.1. The summed E-state index contributed by atoms with van der Waals surface area (Å²) in [7, 11) is 2.15. The van der Waals surface area contributed by atoms with E-state index in [1.54, 1.807) is 0 Å². The van der Waals surface area contributed by atoms with Gasteiger partial charge in [-0.2, -0.15) is 0 Å². The van der Waals surface area contributed by atoms with Crippen LogP contribution in [0, 0.1) is 5.92 Å². The number of likely N-dealkylation sites (N-methyl/N-ethyl adjacent to an activating group) is 1. The quantitative estimate of drug-likeness (QED) is 0.829. The Morgan fingerprint density at radius 3 is 2.68 bits per heavy atom. The molecule has 1 N–H and O–H groups in total. The van der Waals surface area contributed by atoms with Crippen LogP contribution < -0.4 is 0 Å². The zero-order valence-electron chi connectivity index (χ0n) is 15.0. The molecule has 3 aliphatic rings. The molecule has 4 nitrogen and oxygen atoms in total. The van der Waals surface area contributed by atoms with E-state index < -0.39 is 11.6 Å². The number of esters is 1. The Labute approximate surface area is 154 Å². The maximum Gasteiger partial charge on any atom is 0.344 e. The summed E-state index contributed by atoms with van der Waals surface area (Å²) >= 11 is 1.47. The van der Waals surface area contributed by atoms with Crippen LogP contribution in [0.1, 0.15) is 62.7 Å². The van der Waals surface area contributed by atoms with Crippen molar-refractivity contribution < 1.29 is 14.6 Å². The van der Waals surface area contributed by atoms with Crippen LogP contribution in [0.15, 0.2) is 17.5 Å². The first-order valence-corrected chi connectivity index (χ1v) is 10.7. The lowest BCUT2D eigenvalue weighted by molar-refractivity contribution is -0.185. The SMILES string of the molecule is CN1[C@@H]2CC[C@H](OC(=O)[C@@](O)(c3cccs3)C3CCCCC3)[C@H]1CC2. The molecule has 2 saturated heterocycles. The number of carbonyl (C=O) groups is 1. The van der Waals surface area contributed by atoms with Gasteiger partial charge in [0.15, 0.2) is 5.60 Å². The minimum Gasteiger partial charge on any atom is -0.458 e. The van der Waals surface area contributed by atoms with Crippen LogP contribution in [0.25, 0.3) is 0 Å². The molecule has 1 saturated carbocycles. The van der Waals surface area contributed by atoms with Crippen molar-refractivity contribution in [3.05, 3.63) is 22.4 Å². The number of fused-ring (bicyclic) bond motifs is 2. The number of nitrogens with zero attached hydrogens (tertiary/aromatic N) is 1. The van der Waals surface area contributed by atoms with E-state index in [1.807, 2.05) is 17.5 Å². The average molecular weight is 364 g/mol. The summed E-state index contributed by atoms with van der Waals surface area (Å²) in [5.74, 6) is -0.435. The van der Waals surface area contributed by atoms with E-state index in [-0.39, 0.29) is 12.0 Å². The van der Waals surface area contributed by atoms with Gasteiger partial charge in [-0.3, -0.25) is 4.90 Å². The lowest BCUT2D eigenvalue weighted by atomic mass is 9.76. The molecule has 3 heterocycles. The molecule has 4 rings (SSSR count). The number of aliphatic hydroxyl groups is 1. The van der Waals surface area contributed by atoms with Crippen molar-refractivity contribution in [1.82, 2.24) is 4.90 Å². The van der Waals surface area contributed by atoms with Gasteiger partial charge in [0.25, 0.3) is 0 Å². The fourth-order valence-electron chi connectivity index (χ4n) is 5.24. The van der Waals surface area contributed by atoms with Crippen LogP contribution in [-0.4, -0.2) is 41.2 Å². The lowest BCUT2D eigenvalue weighted by Gasteiger charge is -2.40. The van der Waals surface area contributed by atoms with Gasteiger partial charge < -0.3 is 9.84 Å². The van der Waals surface area contributed by atoms with Gasteiger partial charge in [-0.25, -0.2) is 4.79 Å². The van der Waals surface area contributed by atoms with E-state index in [9.17, 15) is 9.90 Å². The van der Waals surface area contributed by atoms with Crippen molar-refractivity contribution in [3.8, 4) is 0 Å². The first kappa shape index (κ1) is 17.5. The molecule has 1 aromatic rings. The molecule has 2 aliphatic heterocycles. The standard InChI is InChI=1S/C20H29NO3S/c1-21-15-9-11-16(21)17(12-10-15)24-19(22)20(23,18-8-5-13-25-18)14-6-3-2-4-7-14/h5,8,13-17,23H,2-4,6-7,9-12H2,1H3/t15-,16+,17-,20-/m0/s1. The Morgan fingerprint density at radius 1 is 1.20 bits per heavy atom. The molecule has 2 bridgehead atoms. The number of carbonyl (C=O) groups excluding carboxylic acids is 1. The van der Waals surface area contributed by atoms with Crippen LogP contribution in [0.4, 0.5) is 0 Å². The van der Waals surface area contributed by atoms with Gasteiger partial charge >= 0.3 is 5.97 Å². The van der Waals surface area contributed by atoms with Crippen molar-refractivity contribution >= 4 is 17.3 Å². The highest BCUT2D eigenvalue weighted by molar-refractivity contribution is 7.10. The number of thiophene rings is 1. The zero-order valence-corrected chi connectivity index (χ0v) is 15.8. The summed E-state index contributed by atoms with van der Waals surface area (Å²) in [6, 6.07) is 4.77. The van der Waals surface area contributed by atoms with Crippen molar-refractivity contribution in [3.63, 3.8) is 0 Å². The highest BCUT2D eigenvalue weighted by atomic mass is 32.1. The van der Waals surface area contributed by atoms with Crippen molar-refractivity contribution in [1.29, 1.82) is 0 Å². The van der Waals surface area contributed by atoms with Crippen molar-refractivity contribution in [2.75, 3.05) is 7.05 Å². The molecule has 0 spiro atoms. The summed E-state index contributed by atoms with van der Waals surface area (Å²) < 4.78 is 6.01. The van der Waals surface area contributed by atoms with Crippen molar-refractivity contribution in [2.24, 2.45) is 5.92 Å². The Bertz CT molecular complexity index is 598. The number of hydrogen-bond donors (Lipinski definition) is 1. The van der Waals surface area contributed by atoms with E-state index in [4.69, 9.17) is 4.74 Å². The monoisotopic (exact) mass is 363 g/mol. The number of hydrogen-bond acceptors (Lipinski definition) is 5. The second kappa shape index (κ2) is 7.01. The number of rotatable bonds is 4. The second-order valence-electron chi connectivity index (χ2n) is 8.06. The fourth-order valence-corrected chi connectivity index (χ4v) is 6.13. The molecule has 3 fully saturated rings. The van der Waals surface area contributed by atoms with E-state index in [2.05, 4.69) is 11.9 Å². The Balaban J connectivity index is 1.56. The topological polar surface area (TPSA) is 49.8 Å². The van der Waals surface area contributed by atoms with Crippen molar-refractivity contribution in [2.45, 2.75) is 81.6 Å². The van der Waals surface area contributed by atoms with E-state index in [0.717, 1.165) is 49.8 Å². The van der Waals surface area contributed by atoms with E-state index in [1.165, 1.54) is 24.2 Å². The van der Waals surface area contributed by atoms with Crippen LogP contribution in [-0.2, 0) is 15.1 Å². The third kappa shape index (κ3) is 3.04. The summed E-state index contributed by atoms with van der Waals surface area (Å²) in [4.78, 5) is 16.4. The number of piperidine rings is 1. The lowest BCUT2D eigenvalue weighted by Crippen LogP contribution is -2.51. The van der Waals surface area contributed by atoms with Crippen LogP contribution >= 0.6 is 11.3 Å². The zero-order chi connectivity index (χ0) is 17.4. The molecular weight excluding hydrogens is 334 g/mol. The predicted octanol–water partition coefficient (Wildman–Crippen LogP) is 3.68. The van der Waals surface area contributed by atoms with Gasteiger partial charge in [-0.05, 0) is 57.0 Å². The van der Waals surface area contributed by atoms with Gasteiger partial charge in [0.2, 0.25) is 0 Å². The highest BCUT2D eigenvalue weighted by Crippen LogP contribution is 2.43.